The molecule has 1 unspecified atom stereocenters. The number of nitrogens with zero attached hydrogens (tertiary/aromatic N) is 3. The lowest BCUT2D eigenvalue weighted by Gasteiger charge is -2.22. The molecule has 2 rings (SSSR count). The van der Waals surface area contributed by atoms with Gasteiger partial charge in [0.25, 0.3) is 0 Å². The van der Waals surface area contributed by atoms with E-state index in [0.717, 1.165) is 6.07 Å². The molecule has 2 aromatic rings. The molecule has 132 valence electrons. The van der Waals surface area contributed by atoms with E-state index in [4.69, 9.17) is 10.00 Å². The smallest absolute Gasteiger partial charge is 0.419 e. The summed E-state index contributed by atoms with van der Waals surface area (Å²) in [6.45, 7) is -0.194. The molecule has 0 bridgehead atoms. The van der Waals surface area contributed by atoms with E-state index in [1.54, 1.807) is 24.1 Å². The van der Waals surface area contributed by atoms with Gasteiger partial charge in [-0.05, 0) is 24.3 Å². The highest BCUT2D eigenvalue weighted by Crippen LogP contribution is 2.35. The molecule has 0 fully saturated rings. The predicted molar refractivity (Wildman–Crippen MR) is 85.2 cm³/mol. The van der Waals surface area contributed by atoms with Gasteiger partial charge in [-0.15, -0.1) is 0 Å². The molecule has 0 saturated carbocycles. The highest BCUT2D eigenvalue weighted by Gasteiger charge is 2.34. The van der Waals surface area contributed by atoms with Gasteiger partial charge in [0.1, 0.15) is 30.3 Å². The lowest BCUT2D eigenvalue weighted by Crippen LogP contribution is -2.33. The van der Waals surface area contributed by atoms with Crippen molar-refractivity contribution in [3.8, 4) is 11.8 Å². The van der Waals surface area contributed by atoms with Crippen molar-refractivity contribution in [3.05, 3.63) is 53.7 Å². The fourth-order valence-electron chi connectivity index (χ4n) is 2.15. The number of anilines is 1. The third kappa shape index (κ3) is 5.09. The summed E-state index contributed by atoms with van der Waals surface area (Å²) in [6.07, 6.45) is -4.15. The summed E-state index contributed by atoms with van der Waals surface area (Å²) in [5.41, 5.74) is -0.478. The number of ether oxygens (including phenoxy) is 1. The maximum Gasteiger partial charge on any atom is 0.419 e. The number of aliphatic hydroxyl groups excluding tert-OH is 1. The van der Waals surface area contributed by atoms with Gasteiger partial charge in [-0.25, -0.2) is 4.98 Å². The third-order valence-electron chi connectivity index (χ3n) is 3.38. The second-order valence-electron chi connectivity index (χ2n) is 5.36. The Balaban J connectivity index is 1.94. The Morgan fingerprint density at radius 3 is 2.60 bits per heavy atom. The maximum absolute atomic E-state index is 12.9. The van der Waals surface area contributed by atoms with Crippen molar-refractivity contribution < 1.29 is 23.0 Å². The molecule has 25 heavy (non-hydrogen) atoms. The Morgan fingerprint density at radius 2 is 2.00 bits per heavy atom. The molecule has 0 aliphatic carbocycles. The number of likely N-dealkylation sites (N-methyl/N-ethyl adjacent to an activating group) is 1. The minimum absolute atomic E-state index is 0.104. The Labute approximate surface area is 142 Å². The highest BCUT2D eigenvalue weighted by molar-refractivity contribution is 5.41. The van der Waals surface area contributed by atoms with Crippen LogP contribution in [0.1, 0.15) is 11.1 Å². The number of rotatable bonds is 6. The molecule has 8 heteroatoms. The van der Waals surface area contributed by atoms with Gasteiger partial charge in [-0.3, -0.25) is 0 Å². The number of para-hydroxylation sites is 1. The average molecular weight is 351 g/mol. The van der Waals surface area contributed by atoms with E-state index in [-0.39, 0.29) is 18.9 Å². The Hall–Kier alpha value is -2.79. The molecule has 0 aliphatic heterocycles. The van der Waals surface area contributed by atoms with Crippen LogP contribution in [-0.4, -0.2) is 36.4 Å². The molecule has 0 amide bonds. The van der Waals surface area contributed by atoms with E-state index in [1.165, 1.54) is 24.4 Å². The zero-order valence-electron chi connectivity index (χ0n) is 13.4. The normalized spacial score (nSPS) is 12.3. The molecule has 1 aromatic carbocycles. The lowest BCUT2D eigenvalue weighted by atomic mass is 10.2. The van der Waals surface area contributed by atoms with Crippen LogP contribution in [0.15, 0.2) is 42.6 Å². The molecular weight excluding hydrogens is 335 g/mol. The van der Waals surface area contributed by atoms with Gasteiger partial charge < -0.3 is 14.7 Å². The molecule has 0 saturated heterocycles. The number of aromatic nitrogens is 1. The van der Waals surface area contributed by atoms with Gasteiger partial charge in [-0.2, -0.15) is 18.4 Å². The van der Waals surface area contributed by atoms with Crippen LogP contribution in [0.4, 0.5) is 19.0 Å². The van der Waals surface area contributed by atoms with E-state index in [9.17, 15) is 18.3 Å². The Morgan fingerprint density at radius 1 is 1.28 bits per heavy atom. The van der Waals surface area contributed by atoms with E-state index in [2.05, 4.69) is 4.98 Å². The molecule has 1 heterocycles. The van der Waals surface area contributed by atoms with Crippen molar-refractivity contribution in [1.29, 1.82) is 5.26 Å². The first-order valence-corrected chi connectivity index (χ1v) is 7.35. The van der Waals surface area contributed by atoms with Gasteiger partial charge in [0, 0.05) is 19.8 Å². The number of hydrogen-bond donors (Lipinski definition) is 1. The van der Waals surface area contributed by atoms with Gasteiger partial charge in [0.15, 0.2) is 0 Å². The molecule has 5 nitrogen and oxygen atoms in total. The number of benzene rings is 1. The van der Waals surface area contributed by atoms with E-state index in [1.807, 2.05) is 6.07 Å². The second kappa shape index (κ2) is 7.85. The van der Waals surface area contributed by atoms with Crippen molar-refractivity contribution in [3.63, 3.8) is 0 Å². The van der Waals surface area contributed by atoms with E-state index >= 15 is 0 Å². The summed E-state index contributed by atoms with van der Waals surface area (Å²) in [5.74, 6) is 0.196. The SMILES string of the molecule is CN(CC(O)COc1ccccc1C(F)(F)F)c1ccc(C#N)cn1. The highest BCUT2D eigenvalue weighted by atomic mass is 19.4. The van der Waals surface area contributed by atoms with Gasteiger partial charge >= 0.3 is 6.18 Å². The minimum Gasteiger partial charge on any atom is -0.490 e. The maximum atomic E-state index is 12.9. The van der Waals surface area contributed by atoms with Crippen LogP contribution in [0.5, 0.6) is 5.75 Å². The van der Waals surface area contributed by atoms with Crippen LogP contribution in [-0.2, 0) is 6.18 Å². The summed E-state index contributed by atoms with van der Waals surface area (Å²) in [5, 5.41) is 18.7. The largest absolute Gasteiger partial charge is 0.490 e. The molecule has 1 aromatic heterocycles. The number of aliphatic hydroxyl groups is 1. The number of halogens is 3. The fraction of sp³-hybridized carbons (Fsp3) is 0.294. The number of pyridine rings is 1. The second-order valence-corrected chi connectivity index (χ2v) is 5.36. The quantitative estimate of drug-likeness (QED) is 0.867. The van der Waals surface area contributed by atoms with Crippen LogP contribution >= 0.6 is 0 Å². The lowest BCUT2D eigenvalue weighted by molar-refractivity contribution is -0.139. The first-order chi connectivity index (χ1) is 11.8. The third-order valence-corrected chi connectivity index (χ3v) is 3.38. The van der Waals surface area contributed by atoms with Crippen LogP contribution in [0.25, 0.3) is 0 Å². The topological polar surface area (TPSA) is 69.4 Å². The van der Waals surface area contributed by atoms with Crippen molar-refractivity contribution in [2.24, 2.45) is 0 Å². The van der Waals surface area contributed by atoms with Crippen molar-refractivity contribution >= 4 is 5.82 Å². The summed E-state index contributed by atoms with van der Waals surface area (Å²) in [7, 11) is 1.67. The molecule has 0 aliphatic rings. The number of nitriles is 1. The zero-order valence-corrected chi connectivity index (χ0v) is 13.4. The predicted octanol–water partition coefficient (Wildman–Crippen LogP) is 2.85. The van der Waals surface area contributed by atoms with E-state index < -0.39 is 17.8 Å². The first kappa shape index (κ1) is 18.5. The van der Waals surface area contributed by atoms with Crippen LogP contribution in [0.2, 0.25) is 0 Å². The fourth-order valence-corrected chi connectivity index (χ4v) is 2.15. The Kier molecular flexibility index (Phi) is 5.83. The molecular formula is C17H16F3N3O2. The zero-order chi connectivity index (χ0) is 18.4. The molecule has 1 N–H and O–H groups in total. The average Bonchev–Trinajstić information content (AvgIpc) is 2.59. The van der Waals surface area contributed by atoms with Crippen LogP contribution < -0.4 is 9.64 Å². The minimum atomic E-state index is -4.52. The van der Waals surface area contributed by atoms with Crippen LogP contribution in [0, 0.1) is 11.3 Å². The molecule has 0 radical (unpaired) electrons. The van der Waals surface area contributed by atoms with Crippen molar-refractivity contribution in [2.45, 2.75) is 12.3 Å². The Bertz CT molecular complexity index is 742. The van der Waals surface area contributed by atoms with Gasteiger partial charge in [0.2, 0.25) is 0 Å². The monoisotopic (exact) mass is 351 g/mol. The van der Waals surface area contributed by atoms with Gasteiger partial charge in [-0.1, -0.05) is 12.1 Å². The summed E-state index contributed by atoms with van der Waals surface area (Å²) < 4.78 is 43.8. The van der Waals surface area contributed by atoms with Crippen molar-refractivity contribution in [2.75, 3.05) is 25.1 Å². The number of alkyl halides is 3. The van der Waals surface area contributed by atoms with E-state index in [0.29, 0.717) is 11.4 Å². The summed E-state index contributed by atoms with van der Waals surface area (Å²) in [6, 6.07) is 9.99. The summed E-state index contributed by atoms with van der Waals surface area (Å²) >= 11 is 0. The molecule has 0 spiro atoms. The van der Waals surface area contributed by atoms with Crippen molar-refractivity contribution in [1.82, 2.24) is 4.98 Å². The number of hydrogen-bond acceptors (Lipinski definition) is 5. The van der Waals surface area contributed by atoms with Crippen LogP contribution in [0.3, 0.4) is 0 Å². The first-order valence-electron chi connectivity index (χ1n) is 7.35. The standard InChI is InChI=1S/C17H16F3N3O2/c1-23(16-7-6-12(8-21)9-22-16)10-13(24)11-25-15-5-3-2-4-14(15)17(18,19)20/h2-7,9,13,24H,10-11H2,1H3. The summed E-state index contributed by atoms with van der Waals surface area (Å²) in [4.78, 5) is 5.69. The molecule has 1 atom stereocenters. The van der Waals surface area contributed by atoms with Gasteiger partial charge in [0.05, 0.1) is 11.1 Å².